The quantitative estimate of drug-likeness (QED) is 0.482. The normalized spacial score (nSPS) is 11.8. The van der Waals surface area contributed by atoms with E-state index >= 15 is 0 Å². The van der Waals surface area contributed by atoms with Crippen LogP contribution in [0.2, 0.25) is 0 Å². The number of carbonyl (C=O) groups is 1. The van der Waals surface area contributed by atoms with Crippen molar-refractivity contribution in [2.45, 2.75) is 70.8 Å². The maximum atomic E-state index is 12.5. The molecule has 0 aliphatic rings. The number of amides is 1. The topological polar surface area (TPSA) is 67.8 Å². The fourth-order valence-electron chi connectivity index (χ4n) is 2.94. The number of hydrogen-bond donors (Lipinski definition) is 2. The minimum Gasteiger partial charge on any atom is -0.497 e. The van der Waals surface area contributed by atoms with Crippen molar-refractivity contribution < 1.29 is 19.4 Å². The van der Waals surface area contributed by atoms with Gasteiger partial charge in [-0.15, -0.1) is 0 Å². The first-order valence-corrected chi connectivity index (χ1v) is 9.79. The molecule has 148 valence electrons. The molecule has 0 spiro atoms. The molecule has 0 saturated carbocycles. The van der Waals surface area contributed by atoms with Crippen molar-refractivity contribution in [3.63, 3.8) is 0 Å². The molecular formula is C21H35NO4. The van der Waals surface area contributed by atoms with Gasteiger partial charge in [-0.3, -0.25) is 4.79 Å². The van der Waals surface area contributed by atoms with Crippen LogP contribution >= 0.6 is 0 Å². The van der Waals surface area contributed by atoms with E-state index in [1.807, 2.05) is 0 Å². The zero-order chi connectivity index (χ0) is 19.2. The summed E-state index contributed by atoms with van der Waals surface area (Å²) in [4.78, 5) is 12.5. The molecule has 0 unspecified atom stereocenters. The molecule has 0 aliphatic carbocycles. The lowest BCUT2D eigenvalue weighted by atomic mass is 10.0. The monoisotopic (exact) mass is 365 g/mol. The van der Waals surface area contributed by atoms with E-state index in [4.69, 9.17) is 9.47 Å². The van der Waals surface area contributed by atoms with Gasteiger partial charge >= 0.3 is 0 Å². The van der Waals surface area contributed by atoms with Gasteiger partial charge in [0, 0.05) is 11.6 Å². The first kappa shape index (κ1) is 22.3. The van der Waals surface area contributed by atoms with E-state index in [1.165, 1.54) is 38.5 Å². The molecule has 0 saturated heterocycles. The Balaban J connectivity index is 2.39. The van der Waals surface area contributed by atoms with Gasteiger partial charge in [0.25, 0.3) is 5.91 Å². The zero-order valence-corrected chi connectivity index (χ0v) is 16.6. The Kier molecular flexibility index (Phi) is 11.5. The summed E-state index contributed by atoms with van der Waals surface area (Å²) in [6, 6.07) is 4.84. The van der Waals surface area contributed by atoms with Gasteiger partial charge in [0.2, 0.25) is 0 Å². The van der Waals surface area contributed by atoms with Crippen LogP contribution in [0.5, 0.6) is 11.5 Å². The summed E-state index contributed by atoms with van der Waals surface area (Å²) < 4.78 is 10.4. The van der Waals surface area contributed by atoms with Crippen LogP contribution in [0.4, 0.5) is 0 Å². The van der Waals surface area contributed by atoms with Gasteiger partial charge in [-0.05, 0) is 18.6 Å². The van der Waals surface area contributed by atoms with Gasteiger partial charge < -0.3 is 19.9 Å². The highest BCUT2D eigenvalue weighted by Gasteiger charge is 2.15. The number of nitrogens with one attached hydrogen (secondary N) is 1. The van der Waals surface area contributed by atoms with Gasteiger partial charge in [0.05, 0.1) is 26.9 Å². The molecular weight excluding hydrogens is 330 g/mol. The number of rotatable bonds is 14. The lowest BCUT2D eigenvalue weighted by Crippen LogP contribution is -2.37. The van der Waals surface area contributed by atoms with Crippen molar-refractivity contribution in [2.24, 2.45) is 0 Å². The maximum Gasteiger partial charge on any atom is 0.251 e. The average Bonchev–Trinajstić information content (AvgIpc) is 2.68. The number of methoxy groups -OCH3 is 2. The van der Waals surface area contributed by atoms with Crippen LogP contribution in [0.1, 0.15) is 75.1 Å². The van der Waals surface area contributed by atoms with Gasteiger partial charge in [-0.25, -0.2) is 0 Å². The Labute approximate surface area is 158 Å². The molecule has 1 atom stereocenters. The Morgan fingerprint density at radius 2 is 1.50 bits per heavy atom. The van der Waals surface area contributed by atoms with Crippen molar-refractivity contribution in [3.05, 3.63) is 23.8 Å². The molecule has 5 heteroatoms. The van der Waals surface area contributed by atoms with Crippen molar-refractivity contribution >= 4 is 5.91 Å². The first-order valence-electron chi connectivity index (χ1n) is 9.79. The number of carbonyl (C=O) groups excluding carboxylic acids is 1. The minimum absolute atomic E-state index is 0.0522. The van der Waals surface area contributed by atoms with E-state index in [9.17, 15) is 9.90 Å². The lowest BCUT2D eigenvalue weighted by Gasteiger charge is -2.17. The van der Waals surface area contributed by atoms with Crippen LogP contribution in [0.15, 0.2) is 18.2 Å². The van der Waals surface area contributed by atoms with E-state index in [1.54, 1.807) is 32.4 Å². The summed E-state index contributed by atoms with van der Waals surface area (Å²) in [7, 11) is 3.10. The molecule has 5 nitrogen and oxygen atoms in total. The Hall–Kier alpha value is -1.75. The molecule has 0 heterocycles. The van der Waals surface area contributed by atoms with Gasteiger partial charge in [0.15, 0.2) is 0 Å². The Morgan fingerprint density at radius 1 is 0.962 bits per heavy atom. The molecule has 1 rings (SSSR count). The van der Waals surface area contributed by atoms with E-state index in [0.717, 1.165) is 19.3 Å². The lowest BCUT2D eigenvalue weighted by molar-refractivity contribution is 0.0911. The molecule has 1 aromatic rings. The van der Waals surface area contributed by atoms with E-state index in [2.05, 4.69) is 12.2 Å². The van der Waals surface area contributed by atoms with Crippen LogP contribution in [0, 0.1) is 0 Å². The highest BCUT2D eigenvalue weighted by Crippen LogP contribution is 2.22. The summed E-state index contributed by atoms with van der Waals surface area (Å²) in [5.41, 5.74) is 0.468. The highest BCUT2D eigenvalue weighted by molar-refractivity contribution is 5.95. The van der Waals surface area contributed by atoms with E-state index in [0.29, 0.717) is 17.1 Å². The molecule has 0 aliphatic heterocycles. The predicted octanol–water partition coefficient (Wildman–Crippen LogP) is 4.33. The van der Waals surface area contributed by atoms with Gasteiger partial charge in [-0.2, -0.15) is 0 Å². The standard InChI is InChI=1S/C21H35NO4/c1-4-5-6-7-8-9-10-11-12-18(16-23)22-21(24)17-13-19(25-2)15-20(14-17)26-3/h13-15,18,23H,4-12,16H2,1-3H3,(H,22,24)/t18-/m1/s1. The second-order valence-electron chi connectivity index (χ2n) is 6.72. The van der Waals surface area contributed by atoms with Gasteiger partial charge in [0.1, 0.15) is 11.5 Å². The van der Waals surface area contributed by atoms with Crippen LogP contribution in [0.3, 0.4) is 0 Å². The molecule has 0 radical (unpaired) electrons. The van der Waals surface area contributed by atoms with Crippen LogP contribution < -0.4 is 14.8 Å². The fraction of sp³-hybridized carbons (Fsp3) is 0.667. The molecule has 0 bridgehead atoms. The van der Waals surface area contributed by atoms with E-state index in [-0.39, 0.29) is 18.6 Å². The molecule has 2 N–H and O–H groups in total. The Bertz CT molecular complexity index is 496. The molecule has 26 heavy (non-hydrogen) atoms. The average molecular weight is 366 g/mol. The summed E-state index contributed by atoms with van der Waals surface area (Å²) in [6.07, 6.45) is 10.7. The Morgan fingerprint density at radius 3 is 2.00 bits per heavy atom. The molecule has 1 aromatic carbocycles. The summed E-state index contributed by atoms with van der Waals surface area (Å²) in [5.74, 6) is 0.914. The van der Waals surface area contributed by atoms with Crippen LogP contribution in [-0.2, 0) is 0 Å². The van der Waals surface area contributed by atoms with E-state index < -0.39 is 0 Å². The predicted molar refractivity (Wildman–Crippen MR) is 105 cm³/mol. The van der Waals surface area contributed by atoms with Crippen molar-refractivity contribution in [3.8, 4) is 11.5 Å². The van der Waals surface area contributed by atoms with Crippen LogP contribution in [-0.4, -0.2) is 37.9 Å². The van der Waals surface area contributed by atoms with Gasteiger partial charge in [-0.1, -0.05) is 58.3 Å². The smallest absolute Gasteiger partial charge is 0.251 e. The SMILES string of the molecule is CCCCCCCCCC[C@H](CO)NC(=O)c1cc(OC)cc(OC)c1. The van der Waals surface area contributed by atoms with Crippen molar-refractivity contribution in [1.29, 1.82) is 0 Å². The summed E-state index contributed by atoms with van der Waals surface area (Å²) in [6.45, 7) is 2.17. The van der Waals surface area contributed by atoms with Crippen molar-refractivity contribution in [1.82, 2.24) is 5.32 Å². The van der Waals surface area contributed by atoms with Crippen LogP contribution in [0.25, 0.3) is 0 Å². The molecule has 0 aromatic heterocycles. The third kappa shape index (κ3) is 8.56. The third-order valence-corrected chi connectivity index (χ3v) is 4.58. The number of unbranched alkanes of at least 4 members (excludes halogenated alkanes) is 7. The second kappa shape index (κ2) is 13.5. The zero-order valence-electron chi connectivity index (χ0n) is 16.6. The highest BCUT2D eigenvalue weighted by atomic mass is 16.5. The summed E-state index contributed by atoms with van der Waals surface area (Å²) in [5, 5.41) is 12.5. The number of aliphatic hydroxyl groups excluding tert-OH is 1. The molecule has 0 fully saturated rings. The maximum absolute atomic E-state index is 12.5. The largest absolute Gasteiger partial charge is 0.497 e. The third-order valence-electron chi connectivity index (χ3n) is 4.58. The number of ether oxygens (including phenoxy) is 2. The fourth-order valence-corrected chi connectivity index (χ4v) is 2.94. The summed E-state index contributed by atoms with van der Waals surface area (Å²) >= 11 is 0. The number of benzene rings is 1. The number of hydrogen-bond acceptors (Lipinski definition) is 4. The van der Waals surface area contributed by atoms with Crippen molar-refractivity contribution in [2.75, 3.05) is 20.8 Å². The molecule has 1 amide bonds. The number of aliphatic hydroxyl groups is 1. The second-order valence-corrected chi connectivity index (χ2v) is 6.72. The minimum atomic E-state index is -0.222. The first-order chi connectivity index (χ1) is 12.6.